The summed E-state index contributed by atoms with van der Waals surface area (Å²) in [5, 5.41) is 8.99. The molecule has 0 atom stereocenters. The van der Waals surface area contributed by atoms with E-state index in [-0.39, 0.29) is 5.91 Å². The first-order chi connectivity index (χ1) is 9.72. The van der Waals surface area contributed by atoms with Crippen molar-refractivity contribution in [2.24, 2.45) is 0 Å². The fourth-order valence-electron chi connectivity index (χ4n) is 1.80. The van der Waals surface area contributed by atoms with Gasteiger partial charge in [0.25, 0.3) is 5.91 Å². The van der Waals surface area contributed by atoms with E-state index < -0.39 is 0 Å². The van der Waals surface area contributed by atoms with Gasteiger partial charge >= 0.3 is 0 Å². The van der Waals surface area contributed by atoms with Crippen molar-refractivity contribution in [3.05, 3.63) is 71.8 Å². The zero-order chi connectivity index (χ0) is 14.4. The van der Waals surface area contributed by atoms with Gasteiger partial charge in [-0.15, -0.1) is 0 Å². The number of hydrogen-bond donors (Lipinski definition) is 0. The molecule has 0 fully saturated rings. The molecule has 1 amide bonds. The largest absolute Gasteiger partial charge is 0.312 e. The molecular formula is C17H14N2O. The van der Waals surface area contributed by atoms with Crippen LogP contribution in [-0.2, 0) is 4.79 Å². The highest BCUT2D eigenvalue weighted by Crippen LogP contribution is 2.13. The van der Waals surface area contributed by atoms with Gasteiger partial charge in [0.05, 0.1) is 11.6 Å². The van der Waals surface area contributed by atoms with Crippen LogP contribution in [-0.4, -0.2) is 13.0 Å². The number of likely N-dealkylation sites (N-methyl/N-ethyl adjacent to an activating group) is 1. The third-order valence-electron chi connectivity index (χ3n) is 2.96. The van der Waals surface area contributed by atoms with Gasteiger partial charge in [-0.05, 0) is 29.8 Å². The highest BCUT2D eigenvalue weighted by atomic mass is 16.2. The molecule has 2 aromatic carbocycles. The van der Waals surface area contributed by atoms with E-state index in [1.165, 1.54) is 6.08 Å². The Bertz CT molecular complexity index is 669. The summed E-state index contributed by atoms with van der Waals surface area (Å²) < 4.78 is 0. The highest BCUT2D eigenvalue weighted by molar-refractivity contribution is 6.03. The summed E-state index contributed by atoms with van der Waals surface area (Å²) >= 11 is 0. The SMILES string of the molecule is CN(C(=O)/C=C/c1ccccc1C#N)c1ccccc1. The quantitative estimate of drug-likeness (QED) is 0.797. The van der Waals surface area contributed by atoms with Crippen molar-refractivity contribution in [1.29, 1.82) is 5.26 Å². The summed E-state index contributed by atoms with van der Waals surface area (Å²) in [5.74, 6) is -0.135. The molecule has 0 bridgehead atoms. The Morgan fingerprint density at radius 3 is 2.45 bits per heavy atom. The van der Waals surface area contributed by atoms with Crippen molar-refractivity contribution in [2.45, 2.75) is 0 Å². The standard InChI is InChI=1S/C17H14N2O/c1-19(16-9-3-2-4-10-16)17(20)12-11-14-7-5-6-8-15(14)13-18/h2-12H,1H3/b12-11+. The molecule has 0 aromatic heterocycles. The number of rotatable bonds is 3. The highest BCUT2D eigenvalue weighted by Gasteiger charge is 2.06. The topological polar surface area (TPSA) is 44.1 Å². The monoisotopic (exact) mass is 262 g/mol. The van der Waals surface area contributed by atoms with E-state index in [2.05, 4.69) is 6.07 Å². The molecule has 0 unspecified atom stereocenters. The van der Waals surface area contributed by atoms with Crippen molar-refractivity contribution >= 4 is 17.7 Å². The molecule has 0 spiro atoms. The average Bonchev–Trinajstić information content (AvgIpc) is 2.53. The van der Waals surface area contributed by atoms with Gasteiger partial charge in [-0.3, -0.25) is 4.79 Å². The Morgan fingerprint density at radius 2 is 1.75 bits per heavy atom. The van der Waals surface area contributed by atoms with E-state index in [9.17, 15) is 4.79 Å². The maximum atomic E-state index is 12.1. The maximum absolute atomic E-state index is 12.1. The Kier molecular flexibility index (Phi) is 4.31. The fourth-order valence-corrected chi connectivity index (χ4v) is 1.80. The summed E-state index contributed by atoms with van der Waals surface area (Å²) in [5.41, 5.74) is 2.12. The van der Waals surface area contributed by atoms with Gasteiger partial charge < -0.3 is 4.90 Å². The average molecular weight is 262 g/mol. The van der Waals surface area contributed by atoms with Crippen molar-refractivity contribution in [2.75, 3.05) is 11.9 Å². The van der Waals surface area contributed by atoms with Crippen LogP contribution in [0.3, 0.4) is 0 Å². The zero-order valence-corrected chi connectivity index (χ0v) is 11.2. The van der Waals surface area contributed by atoms with Crippen LogP contribution in [0.1, 0.15) is 11.1 Å². The number of carbonyl (C=O) groups excluding carboxylic acids is 1. The lowest BCUT2D eigenvalue weighted by Gasteiger charge is -2.14. The number of carbonyl (C=O) groups is 1. The fraction of sp³-hybridized carbons (Fsp3) is 0.0588. The minimum atomic E-state index is -0.135. The van der Waals surface area contributed by atoms with Crippen LogP contribution >= 0.6 is 0 Å². The molecule has 0 N–H and O–H groups in total. The lowest BCUT2D eigenvalue weighted by molar-refractivity contribution is -0.113. The second-order valence-corrected chi connectivity index (χ2v) is 4.27. The number of hydrogen-bond acceptors (Lipinski definition) is 2. The number of amides is 1. The molecule has 98 valence electrons. The van der Waals surface area contributed by atoms with E-state index in [1.54, 1.807) is 30.2 Å². The summed E-state index contributed by atoms with van der Waals surface area (Å²) in [7, 11) is 1.72. The molecule has 0 saturated heterocycles. The van der Waals surface area contributed by atoms with E-state index in [1.807, 2.05) is 42.5 Å². The molecule has 2 aromatic rings. The zero-order valence-electron chi connectivity index (χ0n) is 11.2. The summed E-state index contributed by atoms with van der Waals surface area (Å²) in [6.07, 6.45) is 3.14. The number of nitriles is 1. The maximum Gasteiger partial charge on any atom is 0.250 e. The molecule has 0 aliphatic carbocycles. The van der Waals surface area contributed by atoms with Gasteiger partial charge in [0.2, 0.25) is 0 Å². The first-order valence-electron chi connectivity index (χ1n) is 6.22. The number of benzene rings is 2. The van der Waals surface area contributed by atoms with Crippen molar-refractivity contribution < 1.29 is 4.79 Å². The Labute approximate surface area is 118 Å². The second-order valence-electron chi connectivity index (χ2n) is 4.27. The van der Waals surface area contributed by atoms with E-state index in [0.29, 0.717) is 5.56 Å². The minimum absolute atomic E-state index is 0.135. The van der Waals surface area contributed by atoms with Crippen molar-refractivity contribution in [3.8, 4) is 6.07 Å². The van der Waals surface area contributed by atoms with Crippen LogP contribution < -0.4 is 4.90 Å². The summed E-state index contributed by atoms with van der Waals surface area (Å²) in [6.45, 7) is 0. The molecule has 20 heavy (non-hydrogen) atoms. The lowest BCUT2D eigenvalue weighted by Crippen LogP contribution is -2.23. The van der Waals surface area contributed by atoms with Crippen LogP contribution in [0.4, 0.5) is 5.69 Å². The molecule has 0 heterocycles. The van der Waals surface area contributed by atoms with Crippen molar-refractivity contribution in [3.63, 3.8) is 0 Å². The molecule has 0 radical (unpaired) electrons. The third-order valence-corrected chi connectivity index (χ3v) is 2.96. The minimum Gasteiger partial charge on any atom is -0.312 e. The van der Waals surface area contributed by atoms with Crippen molar-refractivity contribution in [1.82, 2.24) is 0 Å². The lowest BCUT2D eigenvalue weighted by atomic mass is 10.1. The van der Waals surface area contributed by atoms with Gasteiger partial charge in [0.15, 0.2) is 0 Å². The van der Waals surface area contributed by atoms with Gasteiger partial charge in [-0.25, -0.2) is 0 Å². The molecule has 2 rings (SSSR count). The smallest absolute Gasteiger partial charge is 0.250 e. The molecule has 0 saturated carbocycles. The Balaban J connectivity index is 2.16. The first kappa shape index (κ1) is 13.6. The van der Waals surface area contributed by atoms with Crippen LogP contribution in [0.2, 0.25) is 0 Å². The molecular weight excluding hydrogens is 248 g/mol. The molecule has 3 nitrogen and oxygen atoms in total. The van der Waals surface area contributed by atoms with Gasteiger partial charge in [-0.1, -0.05) is 36.4 Å². The number of para-hydroxylation sites is 1. The summed E-state index contributed by atoms with van der Waals surface area (Å²) in [4.78, 5) is 13.6. The predicted molar refractivity (Wildman–Crippen MR) is 80.0 cm³/mol. The van der Waals surface area contributed by atoms with E-state index >= 15 is 0 Å². The summed E-state index contributed by atoms with van der Waals surface area (Å²) in [6, 6.07) is 18.7. The normalized spacial score (nSPS) is 10.2. The van der Waals surface area contributed by atoms with E-state index in [0.717, 1.165) is 11.3 Å². The van der Waals surface area contributed by atoms with E-state index in [4.69, 9.17) is 5.26 Å². The van der Waals surface area contributed by atoms with Crippen LogP contribution in [0.25, 0.3) is 6.08 Å². The third kappa shape index (κ3) is 3.12. The second kappa shape index (κ2) is 6.35. The molecule has 0 aliphatic heterocycles. The Hall–Kier alpha value is -2.86. The van der Waals surface area contributed by atoms with Gasteiger partial charge in [0.1, 0.15) is 0 Å². The van der Waals surface area contributed by atoms with Crippen LogP contribution in [0, 0.1) is 11.3 Å². The van der Waals surface area contributed by atoms with Gasteiger partial charge in [0, 0.05) is 18.8 Å². The first-order valence-corrected chi connectivity index (χ1v) is 6.22. The molecule has 3 heteroatoms. The Morgan fingerprint density at radius 1 is 1.10 bits per heavy atom. The van der Waals surface area contributed by atoms with Crippen LogP contribution in [0.5, 0.6) is 0 Å². The number of nitrogens with zero attached hydrogens (tertiary/aromatic N) is 2. The van der Waals surface area contributed by atoms with Crippen LogP contribution in [0.15, 0.2) is 60.7 Å². The molecule has 0 aliphatic rings. The predicted octanol–water partition coefficient (Wildman–Crippen LogP) is 3.23. The van der Waals surface area contributed by atoms with Gasteiger partial charge in [-0.2, -0.15) is 5.26 Å². The number of anilines is 1.